The Morgan fingerprint density at radius 1 is 1.12 bits per heavy atom. The topological polar surface area (TPSA) is 84.9 Å². The van der Waals surface area contributed by atoms with Crippen molar-refractivity contribution >= 4 is 17.5 Å². The Kier molecular flexibility index (Phi) is 5.70. The SMILES string of the molecule is Cc1ccc(Oc2ncccc2C(=O)N2CCC3(C2)CN(c2ccc(F)cc2)C(=O)CO3)cn1. The first kappa shape index (κ1) is 22.0. The van der Waals surface area contributed by atoms with Gasteiger partial charge in [-0.1, -0.05) is 0 Å². The molecule has 34 heavy (non-hydrogen) atoms. The van der Waals surface area contributed by atoms with E-state index in [0.29, 0.717) is 36.5 Å². The fraction of sp³-hybridized carbons (Fsp3) is 0.280. The highest BCUT2D eigenvalue weighted by Gasteiger charge is 2.47. The molecule has 9 heteroatoms. The number of anilines is 1. The van der Waals surface area contributed by atoms with Gasteiger partial charge in [0.05, 0.1) is 19.3 Å². The molecule has 0 saturated carbocycles. The van der Waals surface area contributed by atoms with Gasteiger partial charge >= 0.3 is 0 Å². The van der Waals surface area contributed by atoms with E-state index in [2.05, 4.69) is 9.97 Å². The highest BCUT2D eigenvalue weighted by atomic mass is 19.1. The molecular weight excluding hydrogens is 439 g/mol. The number of aryl methyl sites for hydroxylation is 1. The van der Waals surface area contributed by atoms with Gasteiger partial charge in [0.15, 0.2) is 0 Å². The van der Waals surface area contributed by atoms with Gasteiger partial charge in [-0.15, -0.1) is 0 Å². The number of hydrogen-bond acceptors (Lipinski definition) is 6. The molecule has 2 aliphatic rings. The number of benzene rings is 1. The molecule has 2 saturated heterocycles. The summed E-state index contributed by atoms with van der Waals surface area (Å²) in [5.74, 6) is -0.106. The van der Waals surface area contributed by atoms with Gasteiger partial charge in [-0.05, 0) is 61.9 Å². The van der Waals surface area contributed by atoms with E-state index < -0.39 is 5.60 Å². The Balaban J connectivity index is 1.33. The van der Waals surface area contributed by atoms with Crippen LogP contribution in [0.5, 0.6) is 11.6 Å². The summed E-state index contributed by atoms with van der Waals surface area (Å²) in [4.78, 5) is 37.6. The summed E-state index contributed by atoms with van der Waals surface area (Å²) in [5.41, 5.74) is 1.10. The largest absolute Gasteiger partial charge is 0.437 e. The molecule has 2 amide bonds. The smallest absolute Gasteiger partial charge is 0.259 e. The summed E-state index contributed by atoms with van der Waals surface area (Å²) < 4.78 is 25.1. The van der Waals surface area contributed by atoms with Gasteiger partial charge in [0, 0.05) is 24.1 Å². The molecule has 174 valence electrons. The molecule has 0 bridgehead atoms. The van der Waals surface area contributed by atoms with E-state index in [1.807, 2.05) is 13.0 Å². The summed E-state index contributed by atoms with van der Waals surface area (Å²) in [5, 5.41) is 0. The average molecular weight is 462 g/mol. The zero-order valence-corrected chi connectivity index (χ0v) is 18.6. The van der Waals surface area contributed by atoms with Crippen LogP contribution in [0.4, 0.5) is 10.1 Å². The molecule has 0 radical (unpaired) electrons. The number of halogens is 1. The number of nitrogens with zero attached hydrogens (tertiary/aromatic N) is 4. The molecule has 2 aromatic heterocycles. The number of carbonyl (C=O) groups is 2. The number of pyridine rings is 2. The summed E-state index contributed by atoms with van der Waals surface area (Å²) in [7, 11) is 0. The fourth-order valence-corrected chi connectivity index (χ4v) is 4.27. The number of aromatic nitrogens is 2. The van der Waals surface area contributed by atoms with Crippen molar-refractivity contribution in [2.45, 2.75) is 18.9 Å². The van der Waals surface area contributed by atoms with Gasteiger partial charge in [-0.25, -0.2) is 9.37 Å². The Morgan fingerprint density at radius 3 is 2.71 bits per heavy atom. The van der Waals surface area contributed by atoms with Crippen LogP contribution < -0.4 is 9.64 Å². The van der Waals surface area contributed by atoms with Gasteiger partial charge in [0.2, 0.25) is 5.88 Å². The van der Waals surface area contributed by atoms with Crippen LogP contribution in [0.1, 0.15) is 22.5 Å². The zero-order valence-electron chi connectivity index (χ0n) is 18.6. The van der Waals surface area contributed by atoms with Crippen molar-refractivity contribution in [2.24, 2.45) is 0 Å². The Labute approximate surface area is 195 Å². The number of amides is 2. The molecular formula is C25H23FN4O4. The predicted octanol–water partition coefficient (Wildman–Crippen LogP) is 3.36. The molecule has 1 atom stereocenters. The number of likely N-dealkylation sites (tertiary alicyclic amines) is 1. The summed E-state index contributed by atoms with van der Waals surface area (Å²) >= 11 is 0. The Morgan fingerprint density at radius 2 is 1.94 bits per heavy atom. The minimum absolute atomic E-state index is 0.0961. The van der Waals surface area contributed by atoms with Crippen molar-refractivity contribution in [3.8, 4) is 11.6 Å². The van der Waals surface area contributed by atoms with Crippen molar-refractivity contribution in [2.75, 3.05) is 31.1 Å². The standard InChI is InChI=1S/C25H23FN4O4/c1-17-4-9-20(13-28-17)34-23-21(3-2-11-27-23)24(32)29-12-10-25(15-29)16-30(22(31)14-33-25)19-7-5-18(26)6-8-19/h2-9,11,13H,10,12,14-16H2,1H3. The van der Waals surface area contributed by atoms with Crippen LogP contribution in [-0.2, 0) is 9.53 Å². The van der Waals surface area contributed by atoms with E-state index in [-0.39, 0.29) is 36.7 Å². The van der Waals surface area contributed by atoms with E-state index in [9.17, 15) is 14.0 Å². The molecule has 4 heterocycles. The summed E-state index contributed by atoms with van der Waals surface area (Å²) in [6.07, 6.45) is 3.72. The molecule has 2 aliphatic heterocycles. The Bertz CT molecular complexity index is 1220. The van der Waals surface area contributed by atoms with Gasteiger partial charge in [0.25, 0.3) is 11.8 Å². The van der Waals surface area contributed by atoms with Crippen LogP contribution in [0, 0.1) is 12.7 Å². The predicted molar refractivity (Wildman–Crippen MR) is 121 cm³/mol. The third-order valence-corrected chi connectivity index (χ3v) is 6.09. The lowest BCUT2D eigenvalue weighted by molar-refractivity contribution is -0.137. The van der Waals surface area contributed by atoms with Crippen molar-refractivity contribution in [1.82, 2.24) is 14.9 Å². The molecule has 1 unspecified atom stereocenters. The second kappa shape index (κ2) is 8.83. The monoisotopic (exact) mass is 462 g/mol. The van der Waals surface area contributed by atoms with Crippen molar-refractivity contribution in [1.29, 1.82) is 0 Å². The lowest BCUT2D eigenvalue weighted by atomic mass is 10.00. The molecule has 5 rings (SSSR count). The van der Waals surface area contributed by atoms with Crippen LogP contribution in [0.15, 0.2) is 60.9 Å². The van der Waals surface area contributed by atoms with Crippen LogP contribution in [-0.4, -0.2) is 58.5 Å². The average Bonchev–Trinajstić information content (AvgIpc) is 3.26. The van der Waals surface area contributed by atoms with E-state index in [4.69, 9.17) is 9.47 Å². The molecule has 0 aliphatic carbocycles. The number of rotatable bonds is 4. The van der Waals surface area contributed by atoms with Gasteiger partial charge in [-0.2, -0.15) is 0 Å². The maximum absolute atomic E-state index is 13.4. The van der Waals surface area contributed by atoms with E-state index in [1.54, 1.807) is 52.5 Å². The molecule has 1 aromatic carbocycles. The maximum Gasteiger partial charge on any atom is 0.259 e. The molecule has 8 nitrogen and oxygen atoms in total. The maximum atomic E-state index is 13.4. The molecule has 2 fully saturated rings. The molecule has 0 N–H and O–H groups in total. The first-order valence-electron chi connectivity index (χ1n) is 11.0. The lowest BCUT2D eigenvalue weighted by Gasteiger charge is -2.40. The summed E-state index contributed by atoms with van der Waals surface area (Å²) in [6.45, 7) is 2.84. The van der Waals surface area contributed by atoms with Gasteiger partial charge in [0.1, 0.15) is 29.3 Å². The third-order valence-electron chi connectivity index (χ3n) is 6.09. The lowest BCUT2D eigenvalue weighted by Crippen LogP contribution is -2.56. The van der Waals surface area contributed by atoms with E-state index in [0.717, 1.165) is 5.69 Å². The number of carbonyl (C=O) groups excluding carboxylic acids is 2. The van der Waals surface area contributed by atoms with Crippen LogP contribution in [0.2, 0.25) is 0 Å². The first-order chi connectivity index (χ1) is 16.4. The van der Waals surface area contributed by atoms with Crippen LogP contribution in [0.25, 0.3) is 0 Å². The zero-order chi connectivity index (χ0) is 23.7. The molecule has 1 spiro atoms. The Hall–Kier alpha value is -3.85. The van der Waals surface area contributed by atoms with Crippen molar-refractivity contribution in [3.05, 3.63) is 78.0 Å². The normalized spacial score (nSPS) is 20.1. The first-order valence-corrected chi connectivity index (χ1v) is 11.0. The second-order valence-electron chi connectivity index (χ2n) is 8.50. The van der Waals surface area contributed by atoms with Crippen LogP contribution >= 0.6 is 0 Å². The van der Waals surface area contributed by atoms with Gasteiger partial charge < -0.3 is 19.3 Å². The minimum atomic E-state index is -0.692. The number of hydrogen-bond donors (Lipinski definition) is 0. The summed E-state index contributed by atoms with van der Waals surface area (Å²) in [6, 6.07) is 12.7. The minimum Gasteiger partial charge on any atom is -0.437 e. The van der Waals surface area contributed by atoms with E-state index in [1.165, 1.54) is 12.1 Å². The fourth-order valence-electron chi connectivity index (χ4n) is 4.27. The van der Waals surface area contributed by atoms with Crippen molar-refractivity contribution < 1.29 is 23.5 Å². The highest BCUT2D eigenvalue weighted by Crippen LogP contribution is 2.34. The number of morpholine rings is 1. The second-order valence-corrected chi connectivity index (χ2v) is 8.50. The van der Waals surface area contributed by atoms with Gasteiger partial charge in [-0.3, -0.25) is 14.6 Å². The van der Waals surface area contributed by atoms with E-state index >= 15 is 0 Å². The van der Waals surface area contributed by atoms with Crippen molar-refractivity contribution in [3.63, 3.8) is 0 Å². The van der Waals surface area contributed by atoms with Crippen LogP contribution in [0.3, 0.4) is 0 Å². The number of ether oxygens (including phenoxy) is 2. The highest BCUT2D eigenvalue weighted by molar-refractivity contribution is 5.97. The quantitative estimate of drug-likeness (QED) is 0.591. The molecule has 3 aromatic rings. The third kappa shape index (κ3) is 4.34.